The zero-order valence-electron chi connectivity index (χ0n) is 11.9. The van der Waals surface area contributed by atoms with Crippen LogP contribution in [0.2, 0.25) is 0 Å². The third kappa shape index (κ3) is 3.17. The van der Waals surface area contributed by atoms with E-state index in [1.165, 1.54) is 16.9 Å². The Morgan fingerprint density at radius 1 is 1.40 bits per heavy atom. The Bertz CT molecular complexity index is 604. The second-order valence-corrected chi connectivity index (χ2v) is 5.79. The first kappa shape index (κ1) is 14.5. The number of hydrogen-bond donors (Lipinski definition) is 2. The number of aryl methyl sites for hydroxylation is 2. The Labute approximate surface area is 123 Å². The third-order valence-corrected chi connectivity index (χ3v) is 4.24. The van der Waals surface area contributed by atoms with Crippen LogP contribution in [0.15, 0.2) is 24.3 Å². The molecule has 1 amide bonds. The van der Waals surface area contributed by atoms with Gasteiger partial charge in [0.05, 0.1) is 11.7 Å². The van der Waals surface area contributed by atoms with Crippen molar-refractivity contribution >= 4 is 22.4 Å². The highest BCUT2D eigenvalue weighted by Gasteiger charge is 2.16. The molecule has 0 aliphatic heterocycles. The molecule has 0 bridgehead atoms. The highest BCUT2D eigenvalue weighted by Crippen LogP contribution is 2.21. The molecule has 0 radical (unpaired) electrons. The number of nitrogens with two attached hydrogens (primary N) is 1. The van der Waals surface area contributed by atoms with E-state index >= 15 is 0 Å². The van der Waals surface area contributed by atoms with Gasteiger partial charge in [0.15, 0.2) is 5.13 Å². The van der Waals surface area contributed by atoms with Crippen molar-refractivity contribution in [3.8, 4) is 0 Å². The fourth-order valence-electron chi connectivity index (χ4n) is 2.02. The van der Waals surface area contributed by atoms with Gasteiger partial charge in [0.1, 0.15) is 4.88 Å². The van der Waals surface area contributed by atoms with Gasteiger partial charge in [-0.25, -0.2) is 4.98 Å². The van der Waals surface area contributed by atoms with Crippen molar-refractivity contribution in [3.63, 3.8) is 0 Å². The number of rotatable bonds is 4. The quantitative estimate of drug-likeness (QED) is 0.909. The lowest BCUT2D eigenvalue weighted by atomic mass is 10.0. The minimum absolute atomic E-state index is 0.0452. The smallest absolute Gasteiger partial charge is 0.263 e. The molecule has 0 aliphatic rings. The van der Waals surface area contributed by atoms with Gasteiger partial charge in [0, 0.05) is 0 Å². The maximum absolute atomic E-state index is 12.2. The van der Waals surface area contributed by atoms with Crippen LogP contribution in [-0.2, 0) is 6.42 Å². The minimum atomic E-state index is -0.122. The topological polar surface area (TPSA) is 68.0 Å². The van der Waals surface area contributed by atoms with E-state index in [-0.39, 0.29) is 11.9 Å². The molecule has 1 aromatic carbocycles. The molecule has 106 valence electrons. The van der Waals surface area contributed by atoms with Crippen LogP contribution in [-0.4, -0.2) is 10.9 Å². The molecule has 3 N–H and O–H groups in total. The summed E-state index contributed by atoms with van der Waals surface area (Å²) in [4.78, 5) is 16.8. The molecule has 0 spiro atoms. The van der Waals surface area contributed by atoms with Crippen LogP contribution in [0.4, 0.5) is 5.13 Å². The van der Waals surface area contributed by atoms with Crippen molar-refractivity contribution in [1.29, 1.82) is 0 Å². The van der Waals surface area contributed by atoms with Crippen LogP contribution >= 0.6 is 11.3 Å². The number of thiazole rings is 1. The minimum Gasteiger partial charge on any atom is -0.375 e. The standard InChI is InChI=1S/C15H19N3OS/c1-4-11-5-7-12(8-6-11)9(2)17-14(19)13-10(3)18-15(16)20-13/h5-9H,4H2,1-3H3,(H2,16,18)(H,17,19). The summed E-state index contributed by atoms with van der Waals surface area (Å²) in [5.74, 6) is -0.122. The van der Waals surface area contributed by atoms with Crippen molar-refractivity contribution in [2.45, 2.75) is 33.2 Å². The van der Waals surface area contributed by atoms with E-state index in [0.29, 0.717) is 15.7 Å². The molecule has 1 aromatic heterocycles. The summed E-state index contributed by atoms with van der Waals surface area (Å²) >= 11 is 1.22. The Morgan fingerprint density at radius 3 is 2.55 bits per heavy atom. The number of nitrogens with one attached hydrogen (secondary N) is 1. The molecule has 0 saturated carbocycles. The number of hydrogen-bond acceptors (Lipinski definition) is 4. The van der Waals surface area contributed by atoms with E-state index in [1.807, 2.05) is 6.92 Å². The van der Waals surface area contributed by atoms with Crippen molar-refractivity contribution in [1.82, 2.24) is 10.3 Å². The van der Waals surface area contributed by atoms with Crippen LogP contribution in [0.25, 0.3) is 0 Å². The fourth-order valence-corrected chi connectivity index (χ4v) is 2.75. The number of carbonyl (C=O) groups excluding carboxylic acids is 1. The SMILES string of the molecule is CCc1ccc(C(C)NC(=O)c2sc(N)nc2C)cc1. The molecule has 1 unspecified atom stereocenters. The Kier molecular flexibility index (Phi) is 4.39. The number of aromatic nitrogens is 1. The number of carbonyl (C=O) groups is 1. The average molecular weight is 289 g/mol. The van der Waals surface area contributed by atoms with Crippen LogP contribution < -0.4 is 11.1 Å². The number of nitrogens with zero attached hydrogens (tertiary/aromatic N) is 1. The molecule has 4 nitrogen and oxygen atoms in total. The van der Waals surface area contributed by atoms with Gasteiger partial charge in [-0.2, -0.15) is 0 Å². The van der Waals surface area contributed by atoms with E-state index in [2.05, 4.69) is 41.5 Å². The maximum Gasteiger partial charge on any atom is 0.263 e. The first-order valence-electron chi connectivity index (χ1n) is 6.63. The Balaban J connectivity index is 2.08. The lowest BCUT2D eigenvalue weighted by Crippen LogP contribution is -2.26. The van der Waals surface area contributed by atoms with E-state index < -0.39 is 0 Å². The summed E-state index contributed by atoms with van der Waals surface area (Å²) in [6, 6.07) is 8.24. The number of anilines is 1. The number of amides is 1. The monoisotopic (exact) mass is 289 g/mol. The van der Waals surface area contributed by atoms with Gasteiger partial charge in [0.25, 0.3) is 5.91 Å². The molecule has 0 aliphatic carbocycles. The first-order chi connectivity index (χ1) is 9.51. The van der Waals surface area contributed by atoms with Crippen molar-refractivity contribution in [2.24, 2.45) is 0 Å². The Hall–Kier alpha value is -1.88. The zero-order valence-corrected chi connectivity index (χ0v) is 12.8. The van der Waals surface area contributed by atoms with Crippen LogP contribution in [0.5, 0.6) is 0 Å². The molecule has 1 heterocycles. The van der Waals surface area contributed by atoms with Gasteiger partial charge >= 0.3 is 0 Å². The van der Waals surface area contributed by atoms with E-state index in [1.54, 1.807) is 6.92 Å². The fraction of sp³-hybridized carbons (Fsp3) is 0.333. The summed E-state index contributed by atoms with van der Waals surface area (Å²) in [5, 5.41) is 3.40. The summed E-state index contributed by atoms with van der Waals surface area (Å²) < 4.78 is 0. The molecular formula is C15H19N3OS. The highest BCUT2D eigenvalue weighted by atomic mass is 32.1. The summed E-state index contributed by atoms with van der Waals surface area (Å²) in [6.45, 7) is 5.89. The molecule has 1 atom stereocenters. The molecule has 0 saturated heterocycles. The molecule has 20 heavy (non-hydrogen) atoms. The largest absolute Gasteiger partial charge is 0.375 e. The summed E-state index contributed by atoms with van der Waals surface area (Å²) in [5.41, 5.74) is 8.68. The van der Waals surface area contributed by atoms with Crippen molar-refractivity contribution in [2.75, 3.05) is 5.73 Å². The lowest BCUT2D eigenvalue weighted by Gasteiger charge is -2.14. The average Bonchev–Trinajstić information content (AvgIpc) is 2.78. The van der Waals surface area contributed by atoms with Gasteiger partial charge in [-0.15, -0.1) is 0 Å². The van der Waals surface area contributed by atoms with Gasteiger partial charge < -0.3 is 11.1 Å². The third-order valence-electron chi connectivity index (χ3n) is 3.25. The van der Waals surface area contributed by atoms with Crippen molar-refractivity contribution in [3.05, 3.63) is 46.0 Å². The summed E-state index contributed by atoms with van der Waals surface area (Å²) in [7, 11) is 0. The second-order valence-electron chi connectivity index (χ2n) is 4.76. The van der Waals surface area contributed by atoms with Crippen molar-refractivity contribution < 1.29 is 4.79 Å². The molecular weight excluding hydrogens is 270 g/mol. The maximum atomic E-state index is 12.2. The Morgan fingerprint density at radius 2 is 2.05 bits per heavy atom. The van der Waals surface area contributed by atoms with Gasteiger partial charge in [0.2, 0.25) is 0 Å². The predicted octanol–water partition coefficient (Wildman–Crippen LogP) is 3.09. The van der Waals surface area contributed by atoms with E-state index in [9.17, 15) is 4.79 Å². The number of nitrogen functional groups attached to an aromatic ring is 1. The lowest BCUT2D eigenvalue weighted by molar-refractivity contribution is 0.0943. The summed E-state index contributed by atoms with van der Waals surface area (Å²) in [6.07, 6.45) is 1.01. The first-order valence-corrected chi connectivity index (χ1v) is 7.45. The molecule has 0 fully saturated rings. The number of benzene rings is 1. The van der Waals surface area contributed by atoms with Gasteiger partial charge in [-0.1, -0.05) is 42.5 Å². The predicted molar refractivity (Wildman–Crippen MR) is 83.0 cm³/mol. The van der Waals surface area contributed by atoms with Crippen LogP contribution in [0.1, 0.15) is 46.4 Å². The van der Waals surface area contributed by atoms with Gasteiger partial charge in [-0.05, 0) is 31.4 Å². The van der Waals surface area contributed by atoms with Crippen LogP contribution in [0.3, 0.4) is 0 Å². The van der Waals surface area contributed by atoms with E-state index in [4.69, 9.17) is 5.73 Å². The van der Waals surface area contributed by atoms with Gasteiger partial charge in [-0.3, -0.25) is 4.79 Å². The van der Waals surface area contributed by atoms with Crippen LogP contribution in [0, 0.1) is 6.92 Å². The second kappa shape index (κ2) is 6.05. The molecule has 5 heteroatoms. The zero-order chi connectivity index (χ0) is 14.7. The normalized spacial score (nSPS) is 12.2. The molecule has 2 aromatic rings. The highest BCUT2D eigenvalue weighted by molar-refractivity contribution is 7.17. The van der Waals surface area contributed by atoms with E-state index in [0.717, 1.165) is 12.0 Å². The molecule has 2 rings (SSSR count).